The molecule has 0 aromatic carbocycles. The Kier molecular flexibility index (Phi) is 36.7. The molecule has 5 atom stereocenters. The fourth-order valence-corrected chi connectivity index (χ4v) is 9.90. The van der Waals surface area contributed by atoms with Gasteiger partial charge in [-0.2, -0.15) is 0 Å². The van der Waals surface area contributed by atoms with Gasteiger partial charge in [0.05, 0.1) is 57.5 Å². The first-order valence-electron chi connectivity index (χ1n) is 26.3. The second kappa shape index (κ2) is 40.9. The number of ether oxygens (including phenoxy) is 4. The molecule has 29 nitrogen and oxygen atoms in total. The lowest BCUT2D eigenvalue weighted by atomic mass is 9.81. The first kappa shape index (κ1) is 69.9. The number of hydrogen-bond donors (Lipinski definition) is 11. The summed E-state index contributed by atoms with van der Waals surface area (Å²) in [5, 5.41) is 25.3. The SMILES string of the molecule is CCCOCCOCCNC(=O)CCC(=O)NCCOCCOCCNC(=O)CCC(=O)N[C@@H](CCCCNC(=O)[C@H](N)CSC1CC(=O)N(CC2CCC(C(=O)NCCCC(O)(O[PH](=O)O)O[PH](=O)O)CC2)C1=O)C(N)=O. The number of aliphatic hydroxyl groups is 1. The van der Waals surface area contributed by atoms with Crippen molar-refractivity contribution >= 4 is 81.4 Å². The molecule has 13 N–H and O–H groups in total. The number of nitrogens with two attached hydrogens (primary N) is 2. The summed E-state index contributed by atoms with van der Waals surface area (Å²) in [5.41, 5.74) is 11.6. The number of thioether (sulfide) groups is 1. The maximum atomic E-state index is 13.2. The number of hydrogen-bond acceptors (Lipinski definition) is 20. The fraction of sp³-hybridized carbons (Fsp3) is 0.804. The molecular formula is C46H83N9O20P2S. The van der Waals surface area contributed by atoms with E-state index >= 15 is 0 Å². The van der Waals surface area contributed by atoms with Gasteiger partial charge < -0.3 is 77.2 Å². The number of unbranched alkanes of at least 4 members (excludes halogenated alkanes) is 1. The van der Waals surface area contributed by atoms with E-state index in [0.717, 1.165) is 18.2 Å². The Balaban J connectivity index is 1.50. The minimum absolute atomic E-state index is 0.00995. The third-order valence-electron chi connectivity index (χ3n) is 12.0. The summed E-state index contributed by atoms with van der Waals surface area (Å²) in [7, 11) is -7.41. The Morgan fingerprint density at radius 1 is 0.692 bits per heavy atom. The standard InChI is InChI=1S/C46H83N9O20P2S/c1-2-21-70-25-26-71-22-18-49-37(56)11-12-38(57)50-19-23-72-27-28-73-24-20-51-39(58)13-14-40(59)54-35(42(48)61)6-3-4-16-53-44(63)34(47)31-78-36-29-41(60)55(45(36)64)30-32-7-9-33(10-8-32)43(62)52-17-5-15-46(65,74-76(66)67)75-77(68)69/h32-36,65,76-77H,2-31,47H2,1H3,(H2,48,61)(H,49,56)(H,50,57)(H,51,58)(H,52,62)(H,53,63)(H,54,59)(H,66,67)(H,68,69)/t32?,33?,34-,35+,36?/m1/s1. The molecule has 2 fully saturated rings. The lowest BCUT2D eigenvalue weighted by Crippen LogP contribution is -2.45. The van der Waals surface area contributed by atoms with Crippen molar-refractivity contribution in [3.05, 3.63) is 0 Å². The topological polar surface area (TPSA) is 431 Å². The van der Waals surface area contributed by atoms with Crippen molar-refractivity contribution in [2.24, 2.45) is 23.3 Å². The van der Waals surface area contributed by atoms with E-state index in [1.54, 1.807) is 0 Å². The number of nitrogens with one attached hydrogen (secondary N) is 6. The molecule has 2 aliphatic rings. The summed E-state index contributed by atoms with van der Waals surface area (Å²) < 4.78 is 52.1. The summed E-state index contributed by atoms with van der Waals surface area (Å²) in [5.74, 6) is -6.77. The number of imide groups is 1. The van der Waals surface area contributed by atoms with Gasteiger partial charge in [-0.1, -0.05) is 6.92 Å². The van der Waals surface area contributed by atoms with Gasteiger partial charge in [0.2, 0.25) is 53.2 Å². The van der Waals surface area contributed by atoms with Crippen LogP contribution in [0.2, 0.25) is 0 Å². The first-order valence-corrected chi connectivity index (χ1v) is 29.8. The van der Waals surface area contributed by atoms with Crippen LogP contribution < -0.4 is 43.4 Å². The number of amides is 9. The molecule has 1 aliphatic carbocycles. The zero-order valence-corrected chi connectivity index (χ0v) is 47.2. The van der Waals surface area contributed by atoms with E-state index in [-0.39, 0.29) is 151 Å². The summed E-state index contributed by atoms with van der Waals surface area (Å²) in [6, 6.07) is -1.98. The van der Waals surface area contributed by atoms with Gasteiger partial charge in [0.15, 0.2) is 0 Å². The fourth-order valence-electron chi connectivity index (χ4n) is 7.86. The lowest BCUT2D eigenvalue weighted by molar-refractivity contribution is -0.277. The van der Waals surface area contributed by atoms with Gasteiger partial charge in [0, 0.05) is 96.1 Å². The predicted molar refractivity (Wildman–Crippen MR) is 282 cm³/mol. The van der Waals surface area contributed by atoms with Crippen LogP contribution >= 0.6 is 28.3 Å². The van der Waals surface area contributed by atoms with Crippen LogP contribution in [0.25, 0.3) is 0 Å². The third kappa shape index (κ3) is 32.2. The van der Waals surface area contributed by atoms with Crippen molar-refractivity contribution in [2.75, 3.05) is 97.9 Å². The van der Waals surface area contributed by atoms with Crippen LogP contribution in [0.3, 0.4) is 0 Å². The second-order valence-corrected chi connectivity index (χ2v) is 21.1. The molecule has 3 unspecified atom stereocenters. The highest BCUT2D eigenvalue weighted by Gasteiger charge is 2.41. The van der Waals surface area contributed by atoms with Crippen molar-refractivity contribution in [1.29, 1.82) is 0 Å². The van der Waals surface area contributed by atoms with E-state index < -0.39 is 69.9 Å². The lowest BCUT2D eigenvalue weighted by Gasteiger charge is -2.30. The first-order chi connectivity index (χ1) is 37.2. The van der Waals surface area contributed by atoms with Gasteiger partial charge in [0.1, 0.15) is 6.04 Å². The number of nitrogens with zero attached hydrogens (tertiary/aromatic N) is 1. The highest BCUT2D eigenvalue weighted by atomic mass is 32.2. The van der Waals surface area contributed by atoms with E-state index in [0.29, 0.717) is 71.5 Å². The normalized spacial score (nSPS) is 18.7. The van der Waals surface area contributed by atoms with Gasteiger partial charge in [0.25, 0.3) is 5.97 Å². The number of carbonyl (C=O) groups excluding carboxylic acids is 9. The Labute approximate surface area is 459 Å². The van der Waals surface area contributed by atoms with E-state index in [1.807, 2.05) is 6.92 Å². The van der Waals surface area contributed by atoms with Gasteiger partial charge in [-0.05, 0) is 63.7 Å². The van der Waals surface area contributed by atoms with Crippen LogP contribution in [0.5, 0.6) is 0 Å². The number of likely N-dealkylation sites (tertiary alicyclic amines) is 1. The van der Waals surface area contributed by atoms with Gasteiger partial charge in [-0.25, -0.2) is 0 Å². The molecule has 1 heterocycles. The predicted octanol–water partition coefficient (Wildman–Crippen LogP) is -2.04. The summed E-state index contributed by atoms with van der Waals surface area (Å²) in [4.78, 5) is 131. The molecule has 1 saturated carbocycles. The van der Waals surface area contributed by atoms with Crippen LogP contribution in [0.1, 0.15) is 103 Å². The maximum Gasteiger partial charge on any atom is 0.320 e. The Morgan fingerprint density at radius 3 is 1.69 bits per heavy atom. The summed E-state index contributed by atoms with van der Waals surface area (Å²) in [6.07, 6.45) is 3.29. The zero-order chi connectivity index (χ0) is 57.7. The Morgan fingerprint density at radius 2 is 1.19 bits per heavy atom. The van der Waals surface area contributed by atoms with Crippen LogP contribution in [0, 0.1) is 11.8 Å². The average molecular weight is 1180 g/mol. The number of rotatable bonds is 45. The molecule has 0 spiro atoms. The molecule has 0 aromatic rings. The van der Waals surface area contributed by atoms with Crippen LogP contribution in [-0.2, 0) is 80.3 Å². The molecule has 2 rings (SSSR count). The van der Waals surface area contributed by atoms with Crippen molar-refractivity contribution in [3.63, 3.8) is 0 Å². The summed E-state index contributed by atoms with van der Waals surface area (Å²) in [6.45, 7) is 6.13. The number of carbonyl (C=O) groups is 9. The van der Waals surface area contributed by atoms with Crippen LogP contribution in [-0.4, -0.2) is 194 Å². The molecular weight excluding hydrogens is 1090 g/mol. The van der Waals surface area contributed by atoms with E-state index in [9.17, 15) is 57.4 Å². The zero-order valence-electron chi connectivity index (χ0n) is 44.4. The van der Waals surface area contributed by atoms with Crippen molar-refractivity contribution in [1.82, 2.24) is 36.8 Å². The number of primary amides is 1. The molecule has 0 radical (unpaired) electrons. The molecule has 1 saturated heterocycles. The van der Waals surface area contributed by atoms with Crippen molar-refractivity contribution in [2.45, 2.75) is 127 Å². The molecule has 0 bridgehead atoms. The van der Waals surface area contributed by atoms with Gasteiger partial charge in [-0.15, -0.1) is 11.8 Å². The van der Waals surface area contributed by atoms with Gasteiger partial charge in [-0.3, -0.25) is 66.2 Å². The largest absolute Gasteiger partial charge is 0.379 e. The molecule has 448 valence electrons. The van der Waals surface area contributed by atoms with E-state index in [1.165, 1.54) is 4.90 Å². The van der Waals surface area contributed by atoms with Crippen molar-refractivity contribution < 1.29 is 95.2 Å². The highest BCUT2D eigenvalue weighted by molar-refractivity contribution is 8.00. The summed E-state index contributed by atoms with van der Waals surface area (Å²) >= 11 is 1.11. The van der Waals surface area contributed by atoms with E-state index in [2.05, 4.69) is 40.9 Å². The molecule has 32 heteroatoms. The monoisotopic (exact) mass is 1180 g/mol. The minimum atomic E-state index is -3.71. The second-order valence-electron chi connectivity index (χ2n) is 18.3. The van der Waals surface area contributed by atoms with Gasteiger partial charge >= 0.3 is 16.5 Å². The van der Waals surface area contributed by atoms with Crippen LogP contribution in [0.4, 0.5) is 0 Å². The quantitative estimate of drug-likeness (QED) is 0.0135. The molecule has 9 amide bonds. The Bertz CT molecular complexity index is 1930. The molecule has 0 aromatic heterocycles. The maximum absolute atomic E-state index is 13.2. The van der Waals surface area contributed by atoms with E-state index in [4.69, 9.17) is 40.2 Å². The smallest absolute Gasteiger partial charge is 0.320 e. The molecule has 1 aliphatic heterocycles. The highest BCUT2D eigenvalue weighted by Crippen LogP contribution is 2.36. The van der Waals surface area contributed by atoms with Crippen LogP contribution in [0.15, 0.2) is 0 Å². The molecule has 78 heavy (non-hydrogen) atoms. The van der Waals surface area contributed by atoms with Crippen molar-refractivity contribution in [3.8, 4) is 0 Å². The minimum Gasteiger partial charge on any atom is -0.379 e. The Hall–Kier alpha value is -4.16. The average Bonchev–Trinajstić information content (AvgIpc) is 3.68. The third-order valence-corrected chi connectivity index (χ3v) is 14.3.